The van der Waals surface area contributed by atoms with E-state index in [1.54, 1.807) is 31.0 Å². The molecule has 0 fully saturated rings. The van der Waals surface area contributed by atoms with Crippen molar-refractivity contribution in [3.63, 3.8) is 0 Å². The molecular weight excluding hydrogens is 571 g/mol. The van der Waals surface area contributed by atoms with Gasteiger partial charge in [-0.3, -0.25) is 24.8 Å². The zero-order valence-electron chi connectivity index (χ0n) is 25.9. The van der Waals surface area contributed by atoms with Gasteiger partial charge in [-0.1, -0.05) is 20.8 Å². The summed E-state index contributed by atoms with van der Waals surface area (Å²) in [6.45, 7) is 7.23. The summed E-state index contributed by atoms with van der Waals surface area (Å²) in [5.74, 6) is 0.0111. The number of likely N-dealkylation sites (N-methyl/N-ethyl adjacent to an activating group) is 1. The second-order valence-electron chi connectivity index (χ2n) is 12.6. The van der Waals surface area contributed by atoms with Crippen molar-refractivity contribution in [2.45, 2.75) is 27.2 Å². The zero-order chi connectivity index (χ0) is 31.7. The van der Waals surface area contributed by atoms with Crippen LogP contribution in [0, 0.1) is 11.2 Å². The Bertz CT molecular complexity index is 2010. The first-order valence-electron chi connectivity index (χ1n) is 14.7. The third kappa shape index (κ3) is 6.83. The number of ether oxygens (including phenoxy) is 1. The Morgan fingerprint density at radius 2 is 1.76 bits per heavy atom. The summed E-state index contributed by atoms with van der Waals surface area (Å²) in [6.07, 6.45) is 8.93. The lowest BCUT2D eigenvalue weighted by molar-refractivity contribution is -0.117. The second-order valence-corrected chi connectivity index (χ2v) is 12.6. The Balaban J connectivity index is 1.33. The highest BCUT2D eigenvalue weighted by Crippen LogP contribution is 2.36. The first-order chi connectivity index (χ1) is 21.5. The van der Waals surface area contributed by atoms with Crippen LogP contribution in [0.25, 0.3) is 55.6 Å². The molecule has 0 aliphatic rings. The summed E-state index contributed by atoms with van der Waals surface area (Å²) in [5, 5.41) is 12.3. The van der Waals surface area contributed by atoms with E-state index in [0.717, 1.165) is 45.2 Å². The summed E-state index contributed by atoms with van der Waals surface area (Å²) in [5.41, 5.74) is 6.38. The van der Waals surface area contributed by atoms with Gasteiger partial charge in [-0.2, -0.15) is 5.10 Å². The normalized spacial score (nSPS) is 11.9. The van der Waals surface area contributed by atoms with Crippen LogP contribution in [0.1, 0.15) is 27.2 Å². The molecule has 0 spiro atoms. The van der Waals surface area contributed by atoms with Crippen molar-refractivity contribution in [1.29, 1.82) is 0 Å². The van der Waals surface area contributed by atoms with Crippen molar-refractivity contribution in [3.05, 3.63) is 73.2 Å². The van der Waals surface area contributed by atoms with Crippen molar-refractivity contribution in [2.24, 2.45) is 5.41 Å². The smallest absolute Gasteiger partial charge is 0.224 e. The van der Waals surface area contributed by atoms with Crippen LogP contribution >= 0.6 is 0 Å². The summed E-state index contributed by atoms with van der Waals surface area (Å²) < 4.78 is 20.5. The van der Waals surface area contributed by atoms with Gasteiger partial charge in [0, 0.05) is 53.3 Å². The number of carbonyl (C=O) groups excluding carboxylic acids is 1. The largest absolute Gasteiger partial charge is 0.492 e. The molecule has 0 unspecified atom stereocenters. The maximum atomic E-state index is 14.7. The average Bonchev–Trinajstić information content (AvgIpc) is 3.59. The number of nitrogens with one attached hydrogen (secondary N) is 3. The number of hydrogen-bond donors (Lipinski definition) is 3. The van der Waals surface area contributed by atoms with Crippen molar-refractivity contribution in [2.75, 3.05) is 32.6 Å². The number of aromatic amines is 2. The number of amides is 1. The molecule has 3 N–H and O–H groups in total. The molecule has 0 saturated carbocycles. The molecular formula is C34H35FN8O2. The van der Waals surface area contributed by atoms with E-state index in [1.165, 1.54) is 12.1 Å². The quantitative estimate of drug-likeness (QED) is 0.168. The van der Waals surface area contributed by atoms with E-state index in [2.05, 4.69) is 35.5 Å². The molecule has 0 bridgehead atoms. The zero-order valence-corrected chi connectivity index (χ0v) is 25.9. The van der Waals surface area contributed by atoms with E-state index in [9.17, 15) is 9.18 Å². The fourth-order valence-electron chi connectivity index (χ4n) is 5.17. The summed E-state index contributed by atoms with van der Waals surface area (Å²) >= 11 is 0. The SMILES string of the molecule is CN(C)CCOc1cc(F)cc(-c2cncc3[nH]c(-c4n[nH]c5cnc(-c6cncc(NC(=O)CC(C)(C)C)c6)cc45)cc23)c1. The number of pyridine rings is 3. The van der Waals surface area contributed by atoms with Gasteiger partial charge in [0.2, 0.25) is 5.91 Å². The minimum atomic E-state index is -0.384. The standard InChI is InChI=1S/C34H35FN8O2/c1-34(2,3)14-32(44)39-23-9-21(15-36-16-23)28-13-26-31(19-38-28)41-42-33(26)29-12-25-27(17-37-18-30(25)40-29)20-8-22(35)11-24(10-20)45-7-6-43(4)5/h8-13,15-19,40H,6-7,14H2,1-5H3,(H,39,44)(H,41,42). The van der Waals surface area contributed by atoms with Crippen LogP contribution in [0.15, 0.2) is 67.4 Å². The number of halogens is 1. The Kier molecular flexibility index (Phi) is 8.03. The second kappa shape index (κ2) is 12.1. The predicted octanol–water partition coefficient (Wildman–Crippen LogP) is 6.68. The molecule has 5 heterocycles. The van der Waals surface area contributed by atoms with E-state index in [4.69, 9.17) is 4.74 Å². The van der Waals surface area contributed by atoms with Crippen molar-refractivity contribution < 1.29 is 13.9 Å². The van der Waals surface area contributed by atoms with Crippen LogP contribution in [0.2, 0.25) is 0 Å². The van der Waals surface area contributed by atoms with Gasteiger partial charge < -0.3 is 19.9 Å². The van der Waals surface area contributed by atoms with E-state index in [1.807, 2.05) is 64.0 Å². The van der Waals surface area contributed by atoms with Crippen LogP contribution in [0.5, 0.6) is 5.75 Å². The van der Waals surface area contributed by atoms with Gasteiger partial charge in [0.15, 0.2) is 0 Å². The topological polar surface area (TPSA) is 125 Å². The van der Waals surface area contributed by atoms with E-state index in [-0.39, 0.29) is 17.1 Å². The molecule has 1 amide bonds. The molecule has 0 saturated heterocycles. The number of anilines is 1. The molecule has 0 aliphatic heterocycles. The van der Waals surface area contributed by atoms with Crippen LogP contribution in [0.4, 0.5) is 10.1 Å². The Morgan fingerprint density at radius 3 is 2.56 bits per heavy atom. The number of carbonyl (C=O) groups is 1. The highest BCUT2D eigenvalue weighted by Gasteiger charge is 2.18. The molecule has 11 heteroatoms. The summed E-state index contributed by atoms with van der Waals surface area (Å²) in [6, 6.07) is 10.5. The first kappa shape index (κ1) is 29.9. The van der Waals surface area contributed by atoms with Crippen molar-refractivity contribution in [3.8, 4) is 39.5 Å². The number of nitrogens with zero attached hydrogens (tertiary/aromatic N) is 5. The molecule has 45 heavy (non-hydrogen) atoms. The predicted molar refractivity (Wildman–Crippen MR) is 174 cm³/mol. The summed E-state index contributed by atoms with van der Waals surface area (Å²) in [4.78, 5) is 31.3. The Morgan fingerprint density at radius 1 is 0.933 bits per heavy atom. The monoisotopic (exact) mass is 606 g/mol. The first-order valence-corrected chi connectivity index (χ1v) is 14.7. The maximum Gasteiger partial charge on any atom is 0.224 e. The van der Waals surface area contributed by atoms with Crippen LogP contribution in [0.3, 0.4) is 0 Å². The van der Waals surface area contributed by atoms with Crippen molar-refractivity contribution >= 4 is 33.4 Å². The lowest BCUT2D eigenvalue weighted by Gasteiger charge is -2.17. The molecule has 0 atom stereocenters. The molecule has 0 radical (unpaired) electrons. The number of aromatic nitrogens is 6. The molecule has 0 aliphatic carbocycles. The lowest BCUT2D eigenvalue weighted by Crippen LogP contribution is -2.19. The number of benzene rings is 1. The van der Waals surface area contributed by atoms with E-state index < -0.39 is 0 Å². The van der Waals surface area contributed by atoms with Gasteiger partial charge >= 0.3 is 0 Å². The highest BCUT2D eigenvalue weighted by atomic mass is 19.1. The number of rotatable bonds is 9. The van der Waals surface area contributed by atoms with E-state index >= 15 is 0 Å². The third-order valence-electron chi connectivity index (χ3n) is 7.25. The minimum absolute atomic E-state index is 0.0685. The number of H-pyrrole nitrogens is 2. The molecule has 5 aromatic heterocycles. The molecule has 6 aromatic rings. The average molecular weight is 607 g/mol. The van der Waals surface area contributed by atoms with Gasteiger partial charge in [-0.15, -0.1) is 0 Å². The van der Waals surface area contributed by atoms with Crippen LogP contribution < -0.4 is 10.1 Å². The van der Waals surface area contributed by atoms with Gasteiger partial charge in [0.1, 0.15) is 23.9 Å². The molecule has 10 nitrogen and oxygen atoms in total. The van der Waals surface area contributed by atoms with E-state index in [0.29, 0.717) is 41.4 Å². The van der Waals surface area contributed by atoms with Crippen LogP contribution in [-0.4, -0.2) is 68.2 Å². The fraction of sp³-hybridized carbons (Fsp3) is 0.265. The van der Waals surface area contributed by atoms with Gasteiger partial charge in [0.25, 0.3) is 0 Å². The Hall–Kier alpha value is -5.16. The molecule has 230 valence electrons. The fourth-order valence-corrected chi connectivity index (χ4v) is 5.17. The molecule has 1 aromatic carbocycles. The van der Waals surface area contributed by atoms with Crippen molar-refractivity contribution in [1.82, 2.24) is 35.0 Å². The van der Waals surface area contributed by atoms with Gasteiger partial charge in [0.05, 0.1) is 46.7 Å². The number of hydrogen-bond acceptors (Lipinski definition) is 7. The third-order valence-corrected chi connectivity index (χ3v) is 7.25. The molecule has 6 rings (SSSR count). The highest BCUT2D eigenvalue weighted by molar-refractivity contribution is 6.01. The van der Waals surface area contributed by atoms with Gasteiger partial charge in [-0.05, 0) is 55.4 Å². The van der Waals surface area contributed by atoms with Crippen LogP contribution in [-0.2, 0) is 4.79 Å². The lowest BCUT2D eigenvalue weighted by atomic mass is 9.92. The Labute approximate surface area is 260 Å². The summed E-state index contributed by atoms with van der Waals surface area (Å²) in [7, 11) is 3.92. The number of fused-ring (bicyclic) bond motifs is 2. The minimum Gasteiger partial charge on any atom is -0.492 e. The maximum absolute atomic E-state index is 14.7. The van der Waals surface area contributed by atoms with Gasteiger partial charge in [-0.25, -0.2) is 4.39 Å².